The number of carbonyl (C=O) groups excluding carboxylic acids is 2. The highest BCUT2D eigenvalue weighted by Gasteiger charge is 2.70. The molecular formula is C23H28N2O5. The summed E-state index contributed by atoms with van der Waals surface area (Å²) in [6.07, 6.45) is 4.67. The Morgan fingerprint density at radius 1 is 1.20 bits per heavy atom. The minimum atomic E-state index is -0.578. The highest BCUT2D eigenvalue weighted by molar-refractivity contribution is 5.80. The third-order valence-electron chi connectivity index (χ3n) is 7.68. The van der Waals surface area contributed by atoms with Crippen LogP contribution in [0.15, 0.2) is 30.4 Å². The number of hydrogen-bond acceptors (Lipinski definition) is 7. The minimum Gasteiger partial charge on any atom is -0.497 e. The maximum absolute atomic E-state index is 13.2. The summed E-state index contributed by atoms with van der Waals surface area (Å²) in [5, 5.41) is 0. The van der Waals surface area contributed by atoms with Crippen LogP contribution in [0.4, 0.5) is 5.69 Å². The zero-order valence-electron chi connectivity index (χ0n) is 17.8. The Bertz CT molecular complexity index is 930. The zero-order valence-corrected chi connectivity index (χ0v) is 17.8. The van der Waals surface area contributed by atoms with Crippen molar-refractivity contribution in [3.8, 4) is 5.75 Å². The van der Waals surface area contributed by atoms with Crippen LogP contribution < -0.4 is 9.64 Å². The predicted molar refractivity (Wildman–Crippen MR) is 111 cm³/mol. The predicted octanol–water partition coefficient (Wildman–Crippen LogP) is 1.75. The number of methoxy groups -OCH3 is 2. The number of ether oxygens (including phenoxy) is 3. The van der Waals surface area contributed by atoms with E-state index in [0.29, 0.717) is 0 Å². The molecule has 6 atom stereocenters. The quantitative estimate of drug-likeness (QED) is 0.553. The molecule has 1 aliphatic carbocycles. The Morgan fingerprint density at radius 3 is 2.70 bits per heavy atom. The van der Waals surface area contributed by atoms with E-state index >= 15 is 0 Å². The standard InChI is InChI=1S/C23H28N2O5/c1-13(26)30-19-15-6-5-10-25-11-9-23(20(15)25)16-8-7-14(28-3)12-17(16)24(2)21(23)18(19)22(27)29-4/h5-8,12,15,18-21H,9-11H2,1-4H3/t15?,18-,19?,20?,21?,23?/m0/s1. The fourth-order valence-electron chi connectivity index (χ4n) is 6.80. The van der Waals surface area contributed by atoms with E-state index in [0.717, 1.165) is 30.9 Å². The first kappa shape index (κ1) is 19.4. The number of benzene rings is 1. The van der Waals surface area contributed by atoms with Gasteiger partial charge in [0.05, 0.1) is 20.3 Å². The van der Waals surface area contributed by atoms with Gasteiger partial charge in [0, 0.05) is 49.6 Å². The Kier molecular flexibility index (Phi) is 4.36. The summed E-state index contributed by atoms with van der Waals surface area (Å²) in [5.41, 5.74) is 2.09. The van der Waals surface area contributed by atoms with Gasteiger partial charge in [0.25, 0.3) is 0 Å². The Hall–Kier alpha value is -2.54. The fourth-order valence-corrected chi connectivity index (χ4v) is 6.80. The second-order valence-corrected chi connectivity index (χ2v) is 8.80. The number of carbonyl (C=O) groups is 2. The van der Waals surface area contributed by atoms with Crippen molar-refractivity contribution in [2.24, 2.45) is 11.8 Å². The van der Waals surface area contributed by atoms with Crippen molar-refractivity contribution >= 4 is 17.6 Å². The lowest BCUT2D eigenvalue weighted by atomic mass is 9.56. The Labute approximate surface area is 176 Å². The van der Waals surface area contributed by atoms with E-state index in [4.69, 9.17) is 14.2 Å². The molecule has 0 aromatic heterocycles. The van der Waals surface area contributed by atoms with Crippen LogP contribution in [0.3, 0.4) is 0 Å². The third-order valence-corrected chi connectivity index (χ3v) is 7.68. The van der Waals surface area contributed by atoms with Crippen LogP contribution in [0.1, 0.15) is 18.9 Å². The molecule has 1 spiro atoms. The first-order chi connectivity index (χ1) is 14.4. The third kappa shape index (κ3) is 2.35. The number of esters is 2. The van der Waals surface area contributed by atoms with Crippen molar-refractivity contribution in [3.05, 3.63) is 35.9 Å². The van der Waals surface area contributed by atoms with E-state index in [1.165, 1.54) is 19.6 Å². The molecule has 0 amide bonds. The fraction of sp³-hybridized carbons (Fsp3) is 0.565. The van der Waals surface area contributed by atoms with E-state index in [2.05, 4.69) is 28.0 Å². The van der Waals surface area contributed by atoms with Gasteiger partial charge in [-0.1, -0.05) is 18.2 Å². The first-order valence-electron chi connectivity index (χ1n) is 10.5. The lowest BCUT2D eigenvalue weighted by molar-refractivity contribution is -0.171. The highest BCUT2D eigenvalue weighted by atomic mass is 16.6. The molecule has 1 aromatic rings. The molecule has 1 saturated heterocycles. The van der Waals surface area contributed by atoms with Gasteiger partial charge in [-0.15, -0.1) is 0 Å². The van der Waals surface area contributed by atoms with E-state index in [1.807, 2.05) is 19.2 Å². The van der Waals surface area contributed by atoms with Gasteiger partial charge in [-0.05, 0) is 24.6 Å². The lowest BCUT2D eigenvalue weighted by Gasteiger charge is -2.55. The molecular weight excluding hydrogens is 384 g/mol. The number of fused-ring (bicyclic) bond motifs is 1. The zero-order chi connectivity index (χ0) is 21.2. The average Bonchev–Trinajstić information content (AvgIpc) is 3.25. The van der Waals surface area contributed by atoms with Crippen LogP contribution in [0.5, 0.6) is 5.75 Å². The van der Waals surface area contributed by atoms with Gasteiger partial charge >= 0.3 is 11.9 Å². The Balaban J connectivity index is 1.75. The van der Waals surface area contributed by atoms with Gasteiger partial charge in [-0.3, -0.25) is 14.5 Å². The van der Waals surface area contributed by atoms with Crippen molar-refractivity contribution in [1.82, 2.24) is 4.90 Å². The van der Waals surface area contributed by atoms with Crippen LogP contribution in [0.25, 0.3) is 0 Å². The van der Waals surface area contributed by atoms with Crippen LogP contribution in [0, 0.1) is 11.8 Å². The van der Waals surface area contributed by atoms with Gasteiger partial charge < -0.3 is 19.1 Å². The highest BCUT2D eigenvalue weighted by Crippen LogP contribution is 2.62. The summed E-state index contributed by atoms with van der Waals surface area (Å²) in [6, 6.07) is 6.22. The summed E-state index contributed by atoms with van der Waals surface area (Å²) in [7, 11) is 5.10. The molecule has 0 bridgehead atoms. The lowest BCUT2D eigenvalue weighted by Crippen LogP contribution is -2.69. The van der Waals surface area contributed by atoms with Crippen LogP contribution in [-0.2, 0) is 24.5 Å². The molecule has 0 radical (unpaired) electrons. The molecule has 160 valence electrons. The van der Waals surface area contributed by atoms with Crippen LogP contribution in [-0.4, -0.2) is 69.4 Å². The molecule has 4 aliphatic rings. The van der Waals surface area contributed by atoms with Crippen molar-refractivity contribution in [2.75, 3.05) is 39.3 Å². The molecule has 7 nitrogen and oxygen atoms in total. The second-order valence-electron chi connectivity index (χ2n) is 8.80. The van der Waals surface area contributed by atoms with Gasteiger partial charge in [0.1, 0.15) is 17.8 Å². The average molecular weight is 412 g/mol. The molecule has 5 unspecified atom stereocenters. The van der Waals surface area contributed by atoms with Gasteiger partial charge in [-0.25, -0.2) is 0 Å². The van der Waals surface area contributed by atoms with Crippen molar-refractivity contribution < 1.29 is 23.8 Å². The van der Waals surface area contributed by atoms with E-state index in [9.17, 15) is 9.59 Å². The number of hydrogen-bond donors (Lipinski definition) is 0. The number of likely N-dealkylation sites (N-methyl/N-ethyl adjacent to an activating group) is 1. The summed E-state index contributed by atoms with van der Waals surface area (Å²) < 4.78 is 16.6. The monoisotopic (exact) mass is 412 g/mol. The van der Waals surface area contributed by atoms with Crippen molar-refractivity contribution in [2.45, 2.75) is 36.9 Å². The largest absolute Gasteiger partial charge is 0.497 e. The SMILES string of the molecule is COC(=O)[C@H]1C(OC(C)=O)C2C=CCN3CCC4(c5ccc(OC)cc5N(C)C14)C23. The molecule has 1 saturated carbocycles. The summed E-state index contributed by atoms with van der Waals surface area (Å²) >= 11 is 0. The summed E-state index contributed by atoms with van der Waals surface area (Å²) in [4.78, 5) is 29.9. The normalized spacial score (nSPS) is 36.0. The number of rotatable bonds is 3. The molecule has 5 rings (SSSR count). The van der Waals surface area contributed by atoms with E-state index < -0.39 is 12.0 Å². The molecule has 30 heavy (non-hydrogen) atoms. The topological polar surface area (TPSA) is 68.3 Å². The molecule has 0 N–H and O–H groups in total. The molecule has 7 heteroatoms. The molecule has 2 fully saturated rings. The van der Waals surface area contributed by atoms with E-state index in [-0.39, 0.29) is 35.4 Å². The maximum atomic E-state index is 13.2. The molecule has 3 heterocycles. The second kappa shape index (κ2) is 6.74. The van der Waals surface area contributed by atoms with Crippen LogP contribution in [0.2, 0.25) is 0 Å². The van der Waals surface area contributed by atoms with Crippen molar-refractivity contribution in [3.63, 3.8) is 0 Å². The molecule has 3 aliphatic heterocycles. The molecule has 1 aromatic carbocycles. The number of nitrogens with zero attached hydrogens (tertiary/aromatic N) is 2. The maximum Gasteiger partial charge on any atom is 0.314 e. The number of anilines is 1. The van der Waals surface area contributed by atoms with Crippen molar-refractivity contribution in [1.29, 1.82) is 0 Å². The van der Waals surface area contributed by atoms with Gasteiger partial charge in [-0.2, -0.15) is 0 Å². The summed E-state index contributed by atoms with van der Waals surface area (Å²) in [5.74, 6) is -0.548. The van der Waals surface area contributed by atoms with Crippen LogP contribution >= 0.6 is 0 Å². The van der Waals surface area contributed by atoms with E-state index in [1.54, 1.807) is 7.11 Å². The summed E-state index contributed by atoms with van der Waals surface area (Å²) in [6.45, 7) is 3.23. The smallest absolute Gasteiger partial charge is 0.314 e. The Morgan fingerprint density at radius 2 is 2.00 bits per heavy atom. The van der Waals surface area contributed by atoms with Gasteiger partial charge in [0.2, 0.25) is 0 Å². The minimum absolute atomic E-state index is 0.0630. The van der Waals surface area contributed by atoms with Gasteiger partial charge in [0.15, 0.2) is 0 Å². The first-order valence-corrected chi connectivity index (χ1v) is 10.5.